The first-order chi connectivity index (χ1) is 7.75. The second-order valence-electron chi connectivity index (χ2n) is 4.81. The fraction of sp³-hybridized carbons (Fsp3) is 0.462. The Balaban J connectivity index is 1.83. The monoisotopic (exact) mass is 216 g/mol. The molecule has 0 radical (unpaired) electrons. The van der Waals surface area contributed by atoms with E-state index < -0.39 is 0 Å². The van der Waals surface area contributed by atoms with Crippen LogP contribution >= 0.6 is 0 Å². The Morgan fingerprint density at radius 1 is 1.44 bits per heavy atom. The number of rotatable bonds is 3. The molecule has 1 aromatic carbocycles. The van der Waals surface area contributed by atoms with Crippen molar-refractivity contribution in [1.29, 1.82) is 0 Å². The Bertz CT molecular complexity index is 438. The van der Waals surface area contributed by atoms with Gasteiger partial charge in [0.2, 0.25) is 5.91 Å². The van der Waals surface area contributed by atoms with E-state index in [1.165, 1.54) is 12.8 Å². The summed E-state index contributed by atoms with van der Waals surface area (Å²) in [5.41, 5.74) is 3.24. The summed E-state index contributed by atoms with van der Waals surface area (Å²) in [6.07, 6.45) is 2.62. The molecule has 1 aromatic rings. The second kappa shape index (κ2) is 3.59. The highest BCUT2D eigenvalue weighted by atomic mass is 16.2. The molecule has 0 aromatic heterocycles. The molecule has 3 rings (SSSR count). The predicted molar refractivity (Wildman–Crippen MR) is 63.3 cm³/mol. The number of hydrogen-bond donors (Lipinski definition) is 2. The van der Waals surface area contributed by atoms with Gasteiger partial charge in [-0.3, -0.25) is 4.79 Å². The summed E-state index contributed by atoms with van der Waals surface area (Å²) in [5.74, 6) is 0.881. The third kappa shape index (κ3) is 1.61. The highest BCUT2D eigenvalue weighted by Crippen LogP contribution is 2.34. The Morgan fingerprint density at radius 2 is 2.25 bits per heavy atom. The van der Waals surface area contributed by atoms with Gasteiger partial charge in [0, 0.05) is 11.3 Å². The fourth-order valence-electron chi connectivity index (χ4n) is 2.25. The number of anilines is 1. The summed E-state index contributed by atoms with van der Waals surface area (Å²) in [5, 5.41) is 6.32. The van der Waals surface area contributed by atoms with Crippen LogP contribution in [0.25, 0.3) is 0 Å². The van der Waals surface area contributed by atoms with Crippen molar-refractivity contribution in [2.24, 2.45) is 5.92 Å². The molecular formula is C13H16N2O. The van der Waals surface area contributed by atoms with Crippen LogP contribution in [0.4, 0.5) is 5.69 Å². The molecule has 1 aliphatic heterocycles. The van der Waals surface area contributed by atoms with Gasteiger partial charge in [-0.1, -0.05) is 18.2 Å². The molecule has 1 atom stereocenters. The second-order valence-corrected chi connectivity index (χ2v) is 4.81. The van der Waals surface area contributed by atoms with E-state index in [4.69, 9.17) is 0 Å². The largest absolute Gasteiger partial charge is 0.324 e. The number of fused-ring (bicyclic) bond motifs is 1. The van der Waals surface area contributed by atoms with E-state index in [1.54, 1.807) is 0 Å². The molecule has 1 saturated carbocycles. The smallest absolute Gasteiger partial charge is 0.246 e. The maximum Gasteiger partial charge on any atom is 0.246 e. The van der Waals surface area contributed by atoms with Crippen LogP contribution in [0, 0.1) is 12.8 Å². The highest BCUT2D eigenvalue weighted by Gasteiger charge is 2.32. The van der Waals surface area contributed by atoms with Crippen LogP contribution in [0.5, 0.6) is 0 Å². The van der Waals surface area contributed by atoms with Gasteiger partial charge in [-0.15, -0.1) is 0 Å². The van der Waals surface area contributed by atoms with Gasteiger partial charge in [0.25, 0.3) is 0 Å². The van der Waals surface area contributed by atoms with Crippen molar-refractivity contribution in [3.05, 3.63) is 29.3 Å². The number of hydrogen-bond acceptors (Lipinski definition) is 2. The average Bonchev–Trinajstić information content (AvgIpc) is 3.02. The minimum absolute atomic E-state index is 0.0879. The number of para-hydroxylation sites is 1. The molecule has 2 aliphatic rings. The molecule has 3 heteroatoms. The molecule has 16 heavy (non-hydrogen) atoms. The minimum Gasteiger partial charge on any atom is -0.324 e. The summed E-state index contributed by atoms with van der Waals surface area (Å²) in [6, 6.07) is 5.93. The third-order valence-corrected chi connectivity index (χ3v) is 3.43. The Hall–Kier alpha value is -1.35. The van der Waals surface area contributed by atoms with Crippen molar-refractivity contribution < 1.29 is 4.79 Å². The SMILES string of the molecule is Cc1cccc2c1NC(=O)C2NCC1CC1. The Labute approximate surface area is 95.2 Å². The van der Waals surface area contributed by atoms with Gasteiger partial charge in [-0.2, -0.15) is 0 Å². The maximum absolute atomic E-state index is 11.8. The summed E-state index contributed by atoms with van der Waals surface area (Å²) in [6.45, 7) is 2.99. The van der Waals surface area contributed by atoms with E-state index in [0.717, 1.165) is 29.3 Å². The molecule has 1 heterocycles. The zero-order valence-electron chi connectivity index (χ0n) is 9.42. The van der Waals surface area contributed by atoms with E-state index in [9.17, 15) is 4.79 Å². The third-order valence-electron chi connectivity index (χ3n) is 3.43. The highest BCUT2D eigenvalue weighted by molar-refractivity contribution is 6.03. The maximum atomic E-state index is 11.8. The van der Waals surface area contributed by atoms with Crippen molar-refractivity contribution in [1.82, 2.24) is 5.32 Å². The van der Waals surface area contributed by atoms with Crippen molar-refractivity contribution >= 4 is 11.6 Å². The average molecular weight is 216 g/mol. The van der Waals surface area contributed by atoms with Crippen LogP contribution in [0.3, 0.4) is 0 Å². The first-order valence-electron chi connectivity index (χ1n) is 5.89. The first-order valence-corrected chi connectivity index (χ1v) is 5.89. The normalized spacial score (nSPS) is 23.1. The van der Waals surface area contributed by atoms with Crippen LogP contribution in [-0.4, -0.2) is 12.5 Å². The minimum atomic E-state index is -0.143. The Kier molecular flexibility index (Phi) is 2.21. The molecule has 0 bridgehead atoms. The van der Waals surface area contributed by atoms with Crippen LogP contribution in [0.1, 0.15) is 30.0 Å². The summed E-state index contributed by atoms with van der Waals surface area (Å²) >= 11 is 0. The lowest BCUT2D eigenvalue weighted by Crippen LogP contribution is -2.29. The van der Waals surface area contributed by atoms with Gasteiger partial charge in [-0.25, -0.2) is 0 Å². The number of carbonyl (C=O) groups excluding carboxylic acids is 1. The van der Waals surface area contributed by atoms with Gasteiger partial charge in [0.05, 0.1) is 0 Å². The molecule has 84 valence electrons. The quantitative estimate of drug-likeness (QED) is 0.811. The molecule has 0 spiro atoms. The number of aryl methyl sites for hydroxylation is 1. The summed E-state index contributed by atoms with van der Waals surface area (Å²) in [4.78, 5) is 11.8. The lowest BCUT2D eigenvalue weighted by atomic mass is 10.1. The number of nitrogens with one attached hydrogen (secondary N) is 2. The van der Waals surface area contributed by atoms with E-state index in [-0.39, 0.29) is 11.9 Å². The topological polar surface area (TPSA) is 41.1 Å². The van der Waals surface area contributed by atoms with Crippen molar-refractivity contribution in [3.8, 4) is 0 Å². The summed E-state index contributed by atoms with van der Waals surface area (Å²) < 4.78 is 0. The van der Waals surface area contributed by atoms with Gasteiger partial charge in [0.1, 0.15) is 6.04 Å². The van der Waals surface area contributed by atoms with Crippen LogP contribution in [-0.2, 0) is 4.79 Å². The number of carbonyl (C=O) groups is 1. The molecule has 1 amide bonds. The lowest BCUT2D eigenvalue weighted by Gasteiger charge is -2.10. The van der Waals surface area contributed by atoms with Crippen molar-refractivity contribution in [2.45, 2.75) is 25.8 Å². The van der Waals surface area contributed by atoms with Crippen LogP contribution in [0.2, 0.25) is 0 Å². The van der Waals surface area contributed by atoms with Crippen molar-refractivity contribution in [2.75, 3.05) is 11.9 Å². The van der Waals surface area contributed by atoms with Gasteiger partial charge in [-0.05, 0) is 37.8 Å². The molecule has 1 aliphatic carbocycles. The van der Waals surface area contributed by atoms with Gasteiger partial charge >= 0.3 is 0 Å². The van der Waals surface area contributed by atoms with Gasteiger partial charge in [0.15, 0.2) is 0 Å². The van der Waals surface area contributed by atoms with Crippen LogP contribution in [0.15, 0.2) is 18.2 Å². The molecular weight excluding hydrogens is 200 g/mol. The first kappa shape index (κ1) is 9.85. The zero-order valence-corrected chi connectivity index (χ0v) is 9.42. The lowest BCUT2D eigenvalue weighted by molar-refractivity contribution is -0.117. The number of amides is 1. The molecule has 2 N–H and O–H groups in total. The molecule has 3 nitrogen and oxygen atoms in total. The van der Waals surface area contributed by atoms with E-state index in [2.05, 4.69) is 10.6 Å². The molecule has 0 saturated heterocycles. The predicted octanol–water partition coefficient (Wildman–Crippen LogP) is 1.99. The van der Waals surface area contributed by atoms with Crippen molar-refractivity contribution in [3.63, 3.8) is 0 Å². The van der Waals surface area contributed by atoms with E-state index >= 15 is 0 Å². The summed E-state index contributed by atoms with van der Waals surface area (Å²) in [7, 11) is 0. The number of benzene rings is 1. The molecule has 1 fully saturated rings. The fourth-order valence-corrected chi connectivity index (χ4v) is 2.25. The molecule has 1 unspecified atom stereocenters. The van der Waals surface area contributed by atoms with Crippen LogP contribution < -0.4 is 10.6 Å². The Morgan fingerprint density at radius 3 is 3.00 bits per heavy atom. The van der Waals surface area contributed by atoms with E-state index in [1.807, 2.05) is 25.1 Å². The van der Waals surface area contributed by atoms with E-state index in [0.29, 0.717) is 0 Å². The standard InChI is InChI=1S/C13H16N2O/c1-8-3-2-4-10-11(8)15-13(16)12(10)14-7-9-5-6-9/h2-4,9,12,14H,5-7H2,1H3,(H,15,16). The van der Waals surface area contributed by atoms with Gasteiger partial charge < -0.3 is 10.6 Å². The zero-order chi connectivity index (χ0) is 11.1.